The van der Waals surface area contributed by atoms with Gasteiger partial charge in [0.2, 0.25) is 15.9 Å². The predicted octanol–water partition coefficient (Wildman–Crippen LogP) is 0.339. The van der Waals surface area contributed by atoms with E-state index in [1.807, 2.05) is 0 Å². The van der Waals surface area contributed by atoms with Crippen molar-refractivity contribution >= 4 is 27.6 Å². The second-order valence-electron chi connectivity index (χ2n) is 6.26. The lowest BCUT2D eigenvalue weighted by Gasteiger charge is -2.26. The molecule has 0 spiro atoms. The van der Waals surface area contributed by atoms with Crippen molar-refractivity contribution in [3.05, 3.63) is 24.3 Å². The third-order valence-electron chi connectivity index (χ3n) is 3.96. The van der Waals surface area contributed by atoms with Crippen molar-refractivity contribution in [1.82, 2.24) is 9.62 Å². The molecule has 4 N–H and O–H groups in total. The summed E-state index contributed by atoms with van der Waals surface area (Å²) in [5.41, 5.74) is 5.42. The van der Waals surface area contributed by atoms with Crippen molar-refractivity contribution in [3.63, 3.8) is 0 Å². The van der Waals surface area contributed by atoms with Gasteiger partial charge in [-0.25, -0.2) is 13.2 Å². The van der Waals surface area contributed by atoms with Crippen LogP contribution in [0.5, 0.6) is 0 Å². The van der Waals surface area contributed by atoms with Gasteiger partial charge >= 0.3 is 6.03 Å². The fourth-order valence-corrected chi connectivity index (χ4v) is 4.03. The van der Waals surface area contributed by atoms with E-state index in [9.17, 15) is 18.0 Å². The minimum absolute atomic E-state index is 0.0844. The lowest BCUT2D eigenvalue weighted by atomic mass is 10.0. The number of rotatable bonds is 6. The molecule has 0 aromatic heterocycles. The topological polar surface area (TPSA) is 131 Å². The summed E-state index contributed by atoms with van der Waals surface area (Å²) in [5, 5.41) is 5.01. The van der Waals surface area contributed by atoms with Crippen LogP contribution in [0.3, 0.4) is 0 Å². The van der Waals surface area contributed by atoms with Gasteiger partial charge < -0.3 is 21.1 Å². The molecule has 1 heterocycles. The standard InChI is InChI=1S/C16H24N4O5S/c1-11(2)14(19-16(17)22)15(21)18-12-4-3-5-13(10-12)26(23,24)20-6-8-25-9-7-20/h3-5,10-11,14H,6-9H2,1-2H3,(H,18,21)(H3,17,19,22)/t14-/m0/s1. The molecule has 144 valence electrons. The number of benzene rings is 1. The number of primary amides is 1. The third kappa shape index (κ3) is 4.93. The van der Waals surface area contributed by atoms with Crippen LogP contribution in [0, 0.1) is 5.92 Å². The Bertz CT molecular complexity index is 760. The average molecular weight is 384 g/mol. The van der Waals surface area contributed by atoms with Gasteiger partial charge in [0.05, 0.1) is 18.1 Å². The molecule has 1 saturated heterocycles. The fraction of sp³-hybridized carbons (Fsp3) is 0.500. The van der Waals surface area contributed by atoms with Crippen LogP contribution in [0.1, 0.15) is 13.8 Å². The summed E-state index contributed by atoms with van der Waals surface area (Å²) < 4.78 is 31.9. The number of nitrogens with zero attached hydrogens (tertiary/aromatic N) is 1. The molecule has 1 fully saturated rings. The molecule has 0 saturated carbocycles. The van der Waals surface area contributed by atoms with E-state index >= 15 is 0 Å². The van der Waals surface area contributed by atoms with Gasteiger partial charge in [-0.2, -0.15) is 4.31 Å². The summed E-state index contributed by atoms with van der Waals surface area (Å²) in [6, 6.07) is 4.37. The van der Waals surface area contributed by atoms with Gasteiger partial charge in [0.25, 0.3) is 0 Å². The van der Waals surface area contributed by atoms with Crippen LogP contribution in [-0.2, 0) is 19.6 Å². The average Bonchev–Trinajstić information content (AvgIpc) is 2.60. The van der Waals surface area contributed by atoms with E-state index in [0.29, 0.717) is 18.9 Å². The first kappa shape index (κ1) is 20.1. The number of nitrogens with two attached hydrogens (primary N) is 1. The number of ether oxygens (including phenoxy) is 1. The molecule has 3 amide bonds. The fourth-order valence-electron chi connectivity index (χ4n) is 2.58. The van der Waals surface area contributed by atoms with E-state index < -0.39 is 28.0 Å². The van der Waals surface area contributed by atoms with Gasteiger partial charge in [-0.05, 0) is 24.1 Å². The molecule has 1 aliphatic heterocycles. The number of carbonyl (C=O) groups is 2. The number of hydrogen-bond acceptors (Lipinski definition) is 5. The number of hydrogen-bond donors (Lipinski definition) is 3. The summed E-state index contributed by atoms with van der Waals surface area (Å²) >= 11 is 0. The summed E-state index contributed by atoms with van der Waals surface area (Å²) in [6.07, 6.45) is 0. The molecule has 1 aromatic carbocycles. The number of carbonyl (C=O) groups excluding carboxylic acids is 2. The zero-order valence-electron chi connectivity index (χ0n) is 14.8. The summed E-state index contributed by atoms with van der Waals surface area (Å²) in [5.74, 6) is -0.664. The Morgan fingerprint density at radius 1 is 1.23 bits per heavy atom. The smallest absolute Gasteiger partial charge is 0.312 e. The molecular formula is C16H24N4O5S. The van der Waals surface area contributed by atoms with E-state index in [1.165, 1.54) is 16.4 Å². The van der Waals surface area contributed by atoms with Gasteiger partial charge in [0.1, 0.15) is 6.04 Å². The lowest BCUT2D eigenvalue weighted by molar-refractivity contribution is -0.118. The van der Waals surface area contributed by atoms with Crippen LogP contribution in [0.15, 0.2) is 29.2 Å². The van der Waals surface area contributed by atoms with Gasteiger partial charge in [-0.15, -0.1) is 0 Å². The SMILES string of the molecule is CC(C)[C@H](NC(N)=O)C(=O)Nc1cccc(S(=O)(=O)N2CCOCC2)c1. The molecule has 0 radical (unpaired) electrons. The van der Waals surface area contributed by atoms with Crippen molar-refractivity contribution in [1.29, 1.82) is 0 Å². The highest BCUT2D eigenvalue weighted by atomic mass is 32.2. The zero-order chi connectivity index (χ0) is 19.3. The Balaban J connectivity index is 2.18. The van der Waals surface area contributed by atoms with E-state index in [-0.39, 0.29) is 23.9 Å². The van der Waals surface area contributed by atoms with E-state index in [4.69, 9.17) is 10.5 Å². The maximum atomic E-state index is 12.7. The van der Waals surface area contributed by atoms with Gasteiger partial charge in [0.15, 0.2) is 0 Å². The van der Waals surface area contributed by atoms with Crippen LogP contribution in [0.2, 0.25) is 0 Å². The van der Waals surface area contributed by atoms with Crippen molar-refractivity contribution in [3.8, 4) is 0 Å². The summed E-state index contributed by atoms with van der Waals surface area (Å²) in [6.45, 7) is 4.81. The van der Waals surface area contributed by atoms with E-state index in [0.717, 1.165) is 0 Å². The Kier molecular flexibility index (Phi) is 6.57. The molecule has 9 nitrogen and oxygen atoms in total. The van der Waals surface area contributed by atoms with Crippen molar-refractivity contribution in [2.45, 2.75) is 24.8 Å². The van der Waals surface area contributed by atoms with Crippen LogP contribution >= 0.6 is 0 Å². The van der Waals surface area contributed by atoms with Crippen LogP contribution < -0.4 is 16.4 Å². The molecule has 26 heavy (non-hydrogen) atoms. The predicted molar refractivity (Wildman–Crippen MR) is 96.0 cm³/mol. The minimum Gasteiger partial charge on any atom is -0.379 e. The molecule has 10 heteroatoms. The normalized spacial score (nSPS) is 16.9. The first-order chi connectivity index (χ1) is 12.2. The Hall–Kier alpha value is -2.17. The molecule has 2 rings (SSSR count). The Morgan fingerprint density at radius 3 is 2.46 bits per heavy atom. The minimum atomic E-state index is -3.66. The highest BCUT2D eigenvalue weighted by Gasteiger charge is 2.27. The van der Waals surface area contributed by atoms with Crippen LogP contribution in [-0.4, -0.2) is 57.0 Å². The lowest BCUT2D eigenvalue weighted by Crippen LogP contribution is -2.49. The van der Waals surface area contributed by atoms with Crippen LogP contribution in [0.25, 0.3) is 0 Å². The molecule has 0 unspecified atom stereocenters. The van der Waals surface area contributed by atoms with Crippen molar-refractivity contribution in [2.24, 2.45) is 11.7 Å². The molecule has 1 atom stereocenters. The summed E-state index contributed by atoms with van der Waals surface area (Å²) in [7, 11) is -3.66. The number of morpholine rings is 1. The largest absolute Gasteiger partial charge is 0.379 e. The maximum absolute atomic E-state index is 12.7. The highest BCUT2D eigenvalue weighted by molar-refractivity contribution is 7.89. The Labute approximate surface area is 152 Å². The summed E-state index contributed by atoms with van der Waals surface area (Å²) in [4.78, 5) is 23.5. The number of urea groups is 1. The quantitative estimate of drug-likeness (QED) is 0.651. The monoisotopic (exact) mass is 384 g/mol. The van der Waals surface area contributed by atoms with Crippen molar-refractivity contribution in [2.75, 3.05) is 31.6 Å². The van der Waals surface area contributed by atoms with Gasteiger partial charge in [0, 0.05) is 18.8 Å². The second kappa shape index (κ2) is 8.47. The molecule has 0 aliphatic carbocycles. The van der Waals surface area contributed by atoms with E-state index in [2.05, 4.69) is 10.6 Å². The number of amides is 3. The molecule has 1 aromatic rings. The maximum Gasteiger partial charge on any atom is 0.312 e. The van der Waals surface area contributed by atoms with Crippen LogP contribution in [0.4, 0.5) is 10.5 Å². The molecule has 0 bridgehead atoms. The first-order valence-electron chi connectivity index (χ1n) is 8.26. The molecular weight excluding hydrogens is 360 g/mol. The number of sulfonamides is 1. The highest BCUT2D eigenvalue weighted by Crippen LogP contribution is 2.21. The third-order valence-corrected chi connectivity index (χ3v) is 5.85. The first-order valence-corrected chi connectivity index (χ1v) is 9.70. The zero-order valence-corrected chi connectivity index (χ0v) is 15.6. The second-order valence-corrected chi connectivity index (χ2v) is 8.20. The van der Waals surface area contributed by atoms with Gasteiger partial charge in [-0.3, -0.25) is 4.79 Å². The Morgan fingerprint density at radius 2 is 1.88 bits per heavy atom. The van der Waals surface area contributed by atoms with Crippen molar-refractivity contribution < 1.29 is 22.7 Å². The van der Waals surface area contributed by atoms with E-state index in [1.54, 1.807) is 26.0 Å². The van der Waals surface area contributed by atoms with Gasteiger partial charge in [-0.1, -0.05) is 19.9 Å². The molecule has 1 aliphatic rings. The number of anilines is 1. The number of nitrogens with one attached hydrogen (secondary N) is 2.